The van der Waals surface area contributed by atoms with Gasteiger partial charge in [0.2, 0.25) is 5.91 Å². The van der Waals surface area contributed by atoms with Crippen LogP contribution in [0.1, 0.15) is 31.2 Å². The van der Waals surface area contributed by atoms with Gasteiger partial charge in [0.15, 0.2) is 0 Å². The second kappa shape index (κ2) is 7.93. The molecular formula is C26H27N5O. The molecule has 0 spiro atoms. The van der Waals surface area contributed by atoms with Gasteiger partial charge in [-0.2, -0.15) is 5.10 Å². The van der Waals surface area contributed by atoms with Gasteiger partial charge in [-0.05, 0) is 49.3 Å². The number of aromatic amines is 1. The lowest BCUT2D eigenvalue weighted by Gasteiger charge is -2.25. The smallest absolute Gasteiger partial charge is 0.223 e. The number of carbonyl (C=O) groups excluding carboxylic acids is 1. The van der Waals surface area contributed by atoms with E-state index in [9.17, 15) is 4.79 Å². The molecule has 2 bridgehead atoms. The summed E-state index contributed by atoms with van der Waals surface area (Å²) in [6.45, 7) is 0.944. The molecule has 2 saturated heterocycles. The van der Waals surface area contributed by atoms with E-state index >= 15 is 0 Å². The maximum absolute atomic E-state index is 13.1. The molecule has 2 fully saturated rings. The molecule has 6 heteroatoms. The molecular weight excluding hydrogens is 398 g/mol. The first-order valence-corrected chi connectivity index (χ1v) is 11.6. The predicted octanol–water partition coefficient (Wildman–Crippen LogP) is 4.44. The highest BCUT2D eigenvalue weighted by Gasteiger charge is 2.48. The summed E-state index contributed by atoms with van der Waals surface area (Å²) in [7, 11) is 0. The number of aromatic nitrogens is 4. The summed E-state index contributed by atoms with van der Waals surface area (Å²) < 4.78 is 2.32. The highest BCUT2D eigenvalue weighted by molar-refractivity contribution is 5.83. The molecule has 1 amide bonds. The number of aryl methyl sites for hydroxylation is 1. The molecule has 4 aromatic rings. The summed E-state index contributed by atoms with van der Waals surface area (Å²) in [4.78, 5) is 20.0. The van der Waals surface area contributed by atoms with Gasteiger partial charge in [0.25, 0.3) is 0 Å². The summed E-state index contributed by atoms with van der Waals surface area (Å²) in [6.07, 6.45) is 12.6. The minimum atomic E-state index is 0.327. The van der Waals surface area contributed by atoms with Crippen molar-refractivity contribution in [3.05, 3.63) is 72.8 Å². The maximum atomic E-state index is 13.1. The molecule has 1 N–H and O–H groups in total. The molecule has 162 valence electrons. The average molecular weight is 426 g/mol. The standard InChI is InChI=1S/C26H27N5O/c32-26(9-6-18-4-2-1-3-5-18)31-22-7-8-24(31)20(12-22)17-30-11-10-19-13-23(27-16-25(19)30)21-14-28-29-15-21/h1-5,10-11,13-16,20,22,24H,6-9,12,17H2,(H,28,29). The first-order chi connectivity index (χ1) is 15.8. The minimum Gasteiger partial charge on any atom is -0.346 e. The van der Waals surface area contributed by atoms with E-state index in [0.29, 0.717) is 30.3 Å². The van der Waals surface area contributed by atoms with E-state index in [2.05, 4.69) is 55.1 Å². The van der Waals surface area contributed by atoms with Gasteiger partial charge >= 0.3 is 0 Å². The highest BCUT2D eigenvalue weighted by atomic mass is 16.2. The number of nitrogens with one attached hydrogen (secondary N) is 1. The number of fused-ring (bicyclic) bond motifs is 3. The lowest BCUT2D eigenvalue weighted by Crippen LogP contribution is -2.37. The van der Waals surface area contributed by atoms with Crippen LogP contribution in [-0.4, -0.2) is 42.6 Å². The normalized spacial score (nSPS) is 22.1. The fourth-order valence-electron chi connectivity index (χ4n) is 5.77. The Morgan fingerprint density at radius 1 is 1.12 bits per heavy atom. The largest absolute Gasteiger partial charge is 0.346 e. The van der Waals surface area contributed by atoms with Gasteiger partial charge in [0.05, 0.1) is 23.6 Å². The third-order valence-electron chi connectivity index (χ3n) is 7.31. The molecule has 3 unspecified atom stereocenters. The zero-order valence-electron chi connectivity index (χ0n) is 18.0. The van der Waals surface area contributed by atoms with Crippen LogP contribution in [0.4, 0.5) is 0 Å². The zero-order valence-corrected chi connectivity index (χ0v) is 18.0. The van der Waals surface area contributed by atoms with E-state index < -0.39 is 0 Å². The molecule has 0 aliphatic carbocycles. The Morgan fingerprint density at radius 3 is 2.88 bits per heavy atom. The van der Waals surface area contributed by atoms with Crippen molar-refractivity contribution in [2.75, 3.05) is 0 Å². The Morgan fingerprint density at radius 2 is 2.03 bits per heavy atom. The Hall–Kier alpha value is -3.41. The second-order valence-corrected chi connectivity index (χ2v) is 9.16. The SMILES string of the molecule is O=C(CCc1ccccc1)N1C2CCC1C(Cn1ccc3cc(-c4cn[nH]c4)ncc31)C2. The van der Waals surface area contributed by atoms with Crippen molar-refractivity contribution in [3.63, 3.8) is 0 Å². The number of amides is 1. The minimum absolute atomic E-state index is 0.327. The van der Waals surface area contributed by atoms with E-state index in [1.54, 1.807) is 6.20 Å². The number of carbonyl (C=O) groups is 1. The summed E-state index contributed by atoms with van der Waals surface area (Å²) >= 11 is 0. The molecule has 3 aromatic heterocycles. The van der Waals surface area contributed by atoms with Crippen LogP contribution in [0.5, 0.6) is 0 Å². The van der Waals surface area contributed by atoms with Crippen LogP contribution in [0.3, 0.4) is 0 Å². The monoisotopic (exact) mass is 425 g/mol. The van der Waals surface area contributed by atoms with Crippen LogP contribution < -0.4 is 0 Å². The summed E-state index contributed by atoms with van der Waals surface area (Å²) in [5, 5.41) is 8.06. The summed E-state index contributed by atoms with van der Waals surface area (Å²) in [6, 6.07) is 15.4. The number of benzene rings is 1. The van der Waals surface area contributed by atoms with Crippen molar-refractivity contribution in [2.45, 2.75) is 50.7 Å². The molecule has 3 atom stereocenters. The summed E-state index contributed by atoms with van der Waals surface area (Å²) in [5.74, 6) is 0.839. The molecule has 0 radical (unpaired) electrons. The zero-order chi connectivity index (χ0) is 21.5. The first kappa shape index (κ1) is 19.3. The van der Waals surface area contributed by atoms with Crippen molar-refractivity contribution in [3.8, 4) is 11.3 Å². The molecule has 0 saturated carbocycles. The Balaban J connectivity index is 1.15. The van der Waals surface area contributed by atoms with E-state index in [0.717, 1.165) is 49.0 Å². The van der Waals surface area contributed by atoms with Crippen molar-refractivity contribution in [1.29, 1.82) is 0 Å². The fourth-order valence-corrected chi connectivity index (χ4v) is 5.77. The molecule has 6 rings (SSSR count). The van der Waals surface area contributed by atoms with Crippen LogP contribution in [0, 0.1) is 5.92 Å². The molecule has 6 nitrogen and oxygen atoms in total. The third kappa shape index (κ3) is 3.40. The van der Waals surface area contributed by atoms with Crippen molar-refractivity contribution in [1.82, 2.24) is 24.6 Å². The average Bonchev–Trinajstić information content (AvgIpc) is 3.62. The van der Waals surface area contributed by atoms with E-state index in [-0.39, 0.29) is 0 Å². The van der Waals surface area contributed by atoms with Gasteiger partial charge in [-0.15, -0.1) is 0 Å². The fraction of sp³-hybridized carbons (Fsp3) is 0.346. The van der Waals surface area contributed by atoms with Crippen molar-refractivity contribution >= 4 is 16.8 Å². The third-order valence-corrected chi connectivity index (χ3v) is 7.31. The van der Waals surface area contributed by atoms with Crippen LogP contribution in [0.25, 0.3) is 22.2 Å². The molecule has 2 aliphatic heterocycles. The van der Waals surface area contributed by atoms with Gasteiger partial charge in [-0.25, -0.2) is 0 Å². The van der Waals surface area contributed by atoms with Gasteiger partial charge in [0.1, 0.15) is 0 Å². The summed E-state index contributed by atoms with van der Waals surface area (Å²) in [5.41, 5.74) is 4.32. The molecule has 2 aliphatic rings. The van der Waals surface area contributed by atoms with Gasteiger partial charge in [0, 0.05) is 48.4 Å². The number of hydrogen-bond donors (Lipinski definition) is 1. The lowest BCUT2D eigenvalue weighted by molar-refractivity contribution is -0.132. The Bertz CT molecular complexity index is 1230. The van der Waals surface area contributed by atoms with Crippen LogP contribution >= 0.6 is 0 Å². The molecule has 5 heterocycles. The van der Waals surface area contributed by atoms with E-state index in [1.807, 2.05) is 30.6 Å². The van der Waals surface area contributed by atoms with E-state index in [1.165, 1.54) is 10.9 Å². The Kier molecular flexibility index (Phi) is 4.78. The maximum Gasteiger partial charge on any atom is 0.223 e. The number of hydrogen-bond acceptors (Lipinski definition) is 3. The molecule has 1 aromatic carbocycles. The van der Waals surface area contributed by atoms with Crippen LogP contribution in [-0.2, 0) is 17.8 Å². The van der Waals surface area contributed by atoms with Gasteiger partial charge < -0.3 is 9.47 Å². The second-order valence-electron chi connectivity index (χ2n) is 9.16. The van der Waals surface area contributed by atoms with Crippen molar-refractivity contribution < 1.29 is 4.79 Å². The molecule has 32 heavy (non-hydrogen) atoms. The number of rotatable bonds is 6. The number of H-pyrrole nitrogens is 1. The van der Waals surface area contributed by atoms with Crippen LogP contribution in [0.2, 0.25) is 0 Å². The van der Waals surface area contributed by atoms with E-state index in [4.69, 9.17) is 0 Å². The van der Waals surface area contributed by atoms with Crippen molar-refractivity contribution in [2.24, 2.45) is 5.92 Å². The number of pyridine rings is 1. The van der Waals surface area contributed by atoms with Gasteiger partial charge in [-0.3, -0.25) is 14.9 Å². The highest BCUT2D eigenvalue weighted by Crippen LogP contribution is 2.43. The topological polar surface area (TPSA) is 66.8 Å². The Labute approximate surface area is 187 Å². The lowest BCUT2D eigenvalue weighted by atomic mass is 9.89. The van der Waals surface area contributed by atoms with Gasteiger partial charge in [-0.1, -0.05) is 30.3 Å². The predicted molar refractivity (Wildman–Crippen MR) is 124 cm³/mol. The quantitative estimate of drug-likeness (QED) is 0.497. The first-order valence-electron chi connectivity index (χ1n) is 11.6. The number of nitrogens with zero attached hydrogens (tertiary/aromatic N) is 4. The van der Waals surface area contributed by atoms with Crippen LogP contribution in [0.15, 0.2) is 67.3 Å².